The number of carbonyl (C=O) groups excluding carboxylic acids is 1. The molecule has 1 amide bonds. The molecule has 0 bridgehead atoms. The van der Waals surface area contributed by atoms with Gasteiger partial charge in [0.25, 0.3) is 0 Å². The third-order valence-electron chi connectivity index (χ3n) is 4.08. The first-order valence-electron chi connectivity index (χ1n) is 7.37. The molecule has 0 saturated heterocycles. The zero-order valence-corrected chi connectivity index (χ0v) is 12.2. The van der Waals surface area contributed by atoms with Crippen LogP contribution >= 0.6 is 0 Å². The highest BCUT2D eigenvalue weighted by atomic mass is 16.2. The average Bonchev–Trinajstić information content (AvgIpc) is 2.92. The Bertz CT molecular complexity index is 662. The van der Waals surface area contributed by atoms with Crippen LogP contribution in [0.2, 0.25) is 0 Å². The molecular formula is C16H20N4O. The van der Waals surface area contributed by atoms with E-state index in [1.54, 1.807) is 12.4 Å². The van der Waals surface area contributed by atoms with E-state index in [2.05, 4.69) is 10.3 Å². The Morgan fingerprint density at radius 3 is 2.90 bits per heavy atom. The summed E-state index contributed by atoms with van der Waals surface area (Å²) in [5, 5.41) is 2.89. The predicted molar refractivity (Wildman–Crippen MR) is 83.1 cm³/mol. The summed E-state index contributed by atoms with van der Waals surface area (Å²) in [7, 11) is 0. The number of nitrogen functional groups attached to an aromatic ring is 1. The normalized spacial score (nSPS) is 15.3. The van der Waals surface area contributed by atoms with Crippen molar-refractivity contribution in [2.75, 3.05) is 11.1 Å². The van der Waals surface area contributed by atoms with Crippen molar-refractivity contribution in [2.24, 2.45) is 0 Å². The van der Waals surface area contributed by atoms with E-state index in [1.165, 1.54) is 18.5 Å². The van der Waals surface area contributed by atoms with Crippen LogP contribution in [-0.2, 0) is 17.6 Å². The number of carbonyl (C=O) groups is 1. The number of anilines is 2. The molecular weight excluding hydrogens is 264 g/mol. The van der Waals surface area contributed by atoms with Gasteiger partial charge in [0, 0.05) is 5.69 Å². The van der Waals surface area contributed by atoms with Crippen LogP contribution in [0.1, 0.15) is 37.2 Å². The minimum Gasteiger partial charge on any atom is -0.397 e. The van der Waals surface area contributed by atoms with E-state index in [0.717, 1.165) is 18.5 Å². The molecule has 110 valence electrons. The number of aryl methyl sites for hydroxylation is 1. The first-order valence-corrected chi connectivity index (χ1v) is 7.37. The van der Waals surface area contributed by atoms with Gasteiger partial charge in [-0.1, -0.05) is 12.1 Å². The van der Waals surface area contributed by atoms with E-state index in [1.807, 2.05) is 29.7 Å². The van der Waals surface area contributed by atoms with E-state index in [0.29, 0.717) is 11.4 Å². The summed E-state index contributed by atoms with van der Waals surface area (Å²) in [6.45, 7) is 1.89. The summed E-state index contributed by atoms with van der Waals surface area (Å²) in [4.78, 5) is 16.9. The van der Waals surface area contributed by atoms with E-state index in [-0.39, 0.29) is 11.9 Å². The Labute approximate surface area is 124 Å². The van der Waals surface area contributed by atoms with E-state index < -0.39 is 0 Å². The van der Waals surface area contributed by atoms with Gasteiger partial charge in [0.1, 0.15) is 6.04 Å². The molecule has 1 aromatic heterocycles. The lowest BCUT2D eigenvalue weighted by Crippen LogP contribution is -2.25. The zero-order valence-electron chi connectivity index (χ0n) is 12.2. The molecule has 0 saturated carbocycles. The number of amides is 1. The molecule has 5 heteroatoms. The van der Waals surface area contributed by atoms with Crippen molar-refractivity contribution in [3.05, 3.63) is 42.0 Å². The zero-order chi connectivity index (χ0) is 14.8. The summed E-state index contributed by atoms with van der Waals surface area (Å²) in [6, 6.07) is 7.00. The maximum absolute atomic E-state index is 12.4. The molecule has 21 heavy (non-hydrogen) atoms. The number of fused-ring (bicyclic) bond motifs is 1. The standard InChI is InChI=1S/C16H20N4O/c1-11(16(21)19-13-7-3-2-6-12(13)17)20-10-18-14-8-4-5-9-15(14)20/h2-3,6-7,10-11H,4-5,8-9,17H2,1H3,(H,19,21). The highest BCUT2D eigenvalue weighted by Gasteiger charge is 2.22. The van der Waals surface area contributed by atoms with Crippen LogP contribution in [0.25, 0.3) is 0 Å². The fourth-order valence-electron chi connectivity index (χ4n) is 2.80. The molecule has 1 aliphatic carbocycles. The first-order chi connectivity index (χ1) is 10.2. The number of hydrogen-bond donors (Lipinski definition) is 2. The van der Waals surface area contributed by atoms with Gasteiger partial charge in [-0.05, 0) is 44.7 Å². The lowest BCUT2D eigenvalue weighted by Gasteiger charge is -2.19. The Morgan fingerprint density at radius 2 is 2.10 bits per heavy atom. The molecule has 0 aliphatic heterocycles. The quantitative estimate of drug-likeness (QED) is 0.851. The monoisotopic (exact) mass is 284 g/mol. The smallest absolute Gasteiger partial charge is 0.247 e. The van der Waals surface area contributed by atoms with Crippen molar-refractivity contribution in [3.8, 4) is 0 Å². The maximum atomic E-state index is 12.4. The SMILES string of the molecule is CC(C(=O)Nc1ccccc1N)n1cnc2c1CCCC2. The second-order valence-electron chi connectivity index (χ2n) is 5.50. The van der Waals surface area contributed by atoms with E-state index in [4.69, 9.17) is 5.73 Å². The molecule has 5 nitrogen and oxygen atoms in total. The van der Waals surface area contributed by atoms with Crippen molar-refractivity contribution in [2.45, 2.75) is 38.6 Å². The number of aromatic nitrogens is 2. The maximum Gasteiger partial charge on any atom is 0.247 e. The summed E-state index contributed by atoms with van der Waals surface area (Å²) < 4.78 is 1.99. The van der Waals surface area contributed by atoms with Gasteiger partial charge in [-0.15, -0.1) is 0 Å². The number of imidazole rings is 1. The highest BCUT2D eigenvalue weighted by molar-refractivity contribution is 5.96. The Morgan fingerprint density at radius 1 is 1.33 bits per heavy atom. The molecule has 1 unspecified atom stereocenters. The largest absolute Gasteiger partial charge is 0.397 e. The number of nitrogens with two attached hydrogens (primary N) is 1. The van der Waals surface area contributed by atoms with Crippen molar-refractivity contribution < 1.29 is 4.79 Å². The van der Waals surface area contributed by atoms with Crippen LogP contribution in [0.15, 0.2) is 30.6 Å². The number of benzene rings is 1. The minimum absolute atomic E-state index is 0.0707. The Hall–Kier alpha value is -2.30. The van der Waals surface area contributed by atoms with Crippen molar-refractivity contribution in [1.29, 1.82) is 0 Å². The minimum atomic E-state index is -0.293. The van der Waals surface area contributed by atoms with Crippen LogP contribution in [0, 0.1) is 0 Å². The van der Waals surface area contributed by atoms with Crippen LogP contribution < -0.4 is 11.1 Å². The molecule has 0 spiro atoms. The highest BCUT2D eigenvalue weighted by Crippen LogP contribution is 2.24. The molecule has 1 atom stereocenters. The van der Waals surface area contributed by atoms with Crippen LogP contribution in [0.4, 0.5) is 11.4 Å². The van der Waals surface area contributed by atoms with Gasteiger partial charge in [-0.2, -0.15) is 0 Å². The van der Waals surface area contributed by atoms with E-state index in [9.17, 15) is 4.79 Å². The lowest BCUT2D eigenvalue weighted by atomic mass is 10.0. The van der Waals surface area contributed by atoms with Gasteiger partial charge in [-0.3, -0.25) is 4.79 Å². The van der Waals surface area contributed by atoms with Gasteiger partial charge < -0.3 is 15.6 Å². The molecule has 1 aromatic carbocycles. The number of rotatable bonds is 3. The van der Waals surface area contributed by atoms with Crippen molar-refractivity contribution in [1.82, 2.24) is 9.55 Å². The lowest BCUT2D eigenvalue weighted by molar-refractivity contribution is -0.118. The molecule has 3 rings (SSSR count). The molecule has 2 aromatic rings. The van der Waals surface area contributed by atoms with Gasteiger partial charge in [0.05, 0.1) is 23.4 Å². The third kappa shape index (κ3) is 2.63. The van der Waals surface area contributed by atoms with Gasteiger partial charge >= 0.3 is 0 Å². The Kier molecular flexibility index (Phi) is 3.64. The van der Waals surface area contributed by atoms with Crippen LogP contribution in [0.5, 0.6) is 0 Å². The summed E-state index contributed by atoms with van der Waals surface area (Å²) in [5.41, 5.74) is 9.43. The van der Waals surface area contributed by atoms with Crippen LogP contribution in [0.3, 0.4) is 0 Å². The van der Waals surface area contributed by atoms with Crippen LogP contribution in [-0.4, -0.2) is 15.5 Å². The van der Waals surface area contributed by atoms with Crippen molar-refractivity contribution >= 4 is 17.3 Å². The van der Waals surface area contributed by atoms with Crippen molar-refractivity contribution in [3.63, 3.8) is 0 Å². The summed E-state index contributed by atoms with van der Waals surface area (Å²) >= 11 is 0. The second-order valence-corrected chi connectivity index (χ2v) is 5.50. The predicted octanol–water partition coefficient (Wildman–Crippen LogP) is 2.54. The van der Waals surface area contributed by atoms with Gasteiger partial charge in [0.2, 0.25) is 5.91 Å². The molecule has 1 aliphatic rings. The molecule has 1 heterocycles. The number of nitrogens with zero attached hydrogens (tertiary/aromatic N) is 2. The Balaban J connectivity index is 1.79. The summed E-state index contributed by atoms with van der Waals surface area (Å²) in [5.74, 6) is -0.0707. The fraction of sp³-hybridized carbons (Fsp3) is 0.375. The topological polar surface area (TPSA) is 72.9 Å². The third-order valence-corrected chi connectivity index (χ3v) is 4.08. The van der Waals surface area contributed by atoms with Gasteiger partial charge in [0.15, 0.2) is 0 Å². The molecule has 0 fully saturated rings. The average molecular weight is 284 g/mol. The number of para-hydroxylation sites is 2. The first kappa shape index (κ1) is 13.7. The second kappa shape index (κ2) is 5.60. The molecule has 0 radical (unpaired) electrons. The summed E-state index contributed by atoms with van der Waals surface area (Å²) in [6.07, 6.45) is 6.15. The number of hydrogen-bond acceptors (Lipinski definition) is 3. The molecule has 3 N–H and O–H groups in total. The fourth-order valence-corrected chi connectivity index (χ4v) is 2.80. The number of nitrogens with one attached hydrogen (secondary N) is 1. The van der Waals surface area contributed by atoms with E-state index >= 15 is 0 Å². The van der Waals surface area contributed by atoms with Gasteiger partial charge in [-0.25, -0.2) is 4.98 Å².